The quantitative estimate of drug-likeness (QED) is 0.747. The minimum Gasteiger partial charge on any atom is -0.398 e. The van der Waals surface area contributed by atoms with Crippen LogP contribution in [-0.4, -0.2) is 35.1 Å². The van der Waals surface area contributed by atoms with Gasteiger partial charge in [-0.2, -0.15) is 0 Å². The van der Waals surface area contributed by atoms with Gasteiger partial charge in [0.15, 0.2) is 0 Å². The van der Waals surface area contributed by atoms with Crippen LogP contribution in [0.25, 0.3) is 0 Å². The average molecular weight is 255 g/mol. The molecule has 2 rings (SSSR count). The summed E-state index contributed by atoms with van der Waals surface area (Å²) >= 11 is 5.81. The van der Waals surface area contributed by atoms with Crippen LogP contribution in [0.3, 0.4) is 0 Å². The topological polar surface area (TPSA) is 66.6 Å². The number of hydrogen-bond acceptors (Lipinski definition) is 3. The average Bonchev–Trinajstić information content (AvgIpc) is 2.33. The van der Waals surface area contributed by atoms with Crippen LogP contribution in [0.2, 0.25) is 5.02 Å². The van der Waals surface area contributed by atoms with Crippen molar-refractivity contribution in [2.75, 3.05) is 18.8 Å². The van der Waals surface area contributed by atoms with Gasteiger partial charge >= 0.3 is 0 Å². The van der Waals surface area contributed by atoms with Gasteiger partial charge in [0.2, 0.25) is 0 Å². The van der Waals surface area contributed by atoms with Crippen LogP contribution in [0.5, 0.6) is 0 Å². The highest BCUT2D eigenvalue weighted by molar-refractivity contribution is 6.33. The third-order valence-corrected chi connectivity index (χ3v) is 3.34. The van der Waals surface area contributed by atoms with Gasteiger partial charge in [-0.15, -0.1) is 0 Å². The molecule has 1 aromatic carbocycles. The Morgan fingerprint density at radius 1 is 1.41 bits per heavy atom. The van der Waals surface area contributed by atoms with E-state index in [1.165, 1.54) is 0 Å². The minimum atomic E-state index is -0.283. The molecule has 0 aromatic heterocycles. The van der Waals surface area contributed by atoms with E-state index in [1.54, 1.807) is 23.1 Å². The van der Waals surface area contributed by atoms with Crippen molar-refractivity contribution in [3.63, 3.8) is 0 Å². The highest BCUT2D eigenvalue weighted by Crippen LogP contribution is 2.21. The minimum absolute atomic E-state index is 0.0553. The van der Waals surface area contributed by atoms with E-state index in [2.05, 4.69) is 0 Å². The molecule has 3 N–H and O–H groups in total. The number of carbonyl (C=O) groups excluding carboxylic acids is 1. The molecule has 92 valence electrons. The van der Waals surface area contributed by atoms with Crippen molar-refractivity contribution in [3.8, 4) is 0 Å². The van der Waals surface area contributed by atoms with Crippen LogP contribution in [-0.2, 0) is 0 Å². The van der Waals surface area contributed by atoms with Crippen LogP contribution in [0.1, 0.15) is 23.2 Å². The number of halogens is 1. The summed E-state index contributed by atoms with van der Waals surface area (Å²) < 4.78 is 0. The van der Waals surface area contributed by atoms with Crippen LogP contribution in [0, 0.1) is 0 Å². The highest BCUT2D eigenvalue weighted by atomic mass is 35.5. The van der Waals surface area contributed by atoms with Gasteiger partial charge in [0.05, 0.1) is 16.8 Å². The number of carbonyl (C=O) groups is 1. The van der Waals surface area contributed by atoms with Gasteiger partial charge in [0.1, 0.15) is 0 Å². The molecule has 0 saturated carbocycles. The Bertz CT molecular complexity index is 429. The summed E-state index contributed by atoms with van der Waals surface area (Å²) in [5, 5.41) is 9.84. The second kappa shape index (κ2) is 4.94. The predicted octanol–water partition coefficient (Wildman–Crippen LogP) is 1.52. The Labute approximate surface area is 105 Å². The molecule has 0 atom stereocenters. The van der Waals surface area contributed by atoms with E-state index in [0.29, 0.717) is 42.2 Å². The van der Waals surface area contributed by atoms with Crippen molar-refractivity contribution in [2.45, 2.75) is 18.9 Å². The molecule has 1 aromatic rings. The van der Waals surface area contributed by atoms with Crippen molar-refractivity contribution >= 4 is 23.2 Å². The molecule has 0 unspecified atom stereocenters. The van der Waals surface area contributed by atoms with E-state index >= 15 is 0 Å². The number of hydrogen-bond donors (Lipinski definition) is 2. The first-order valence-electron chi connectivity index (χ1n) is 5.60. The van der Waals surface area contributed by atoms with Gasteiger partial charge in [-0.05, 0) is 31.0 Å². The lowest BCUT2D eigenvalue weighted by Crippen LogP contribution is -2.40. The lowest BCUT2D eigenvalue weighted by atomic mass is 10.1. The first-order chi connectivity index (χ1) is 8.08. The van der Waals surface area contributed by atoms with Gasteiger partial charge in [-0.1, -0.05) is 11.6 Å². The second-order valence-electron chi connectivity index (χ2n) is 4.26. The highest BCUT2D eigenvalue weighted by Gasteiger charge is 2.22. The monoisotopic (exact) mass is 254 g/mol. The maximum Gasteiger partial charge on any atom is 0.253 e. The molecule has 0 bridgehead atoms. The van der Waals surface area contributed by atoms with Crippen molar-refractivity contribution in [1.82, 2.24) is 4.90 Å². The fourth-order valence-electron chi connectivity index (χ4n) is 1.93. The Hall–Kier alpha value is -1.26. The molecular weight excluding hydrogens is 240 g/mol. The van der Waals surface area contributed by atoms with E-state index in [4.69, 9.17) is 17.3 Å². The molecule has 1 saturated heterocycles. The van der Waals surface area contributed by atoms with Gasteiger partial charge in [-0.3, -0.25) is 4.79 Å². The third kappa shape index (κ3) is 2.70. The van der Waals surface area contributed by atoms with Crippen LogP contribution in [0.15, 0.2) is 18.2 Å². The summed E-state index contributed by atoms with van der Waals surface area (Å²) in [4.78, 5) is 13.8. The number of aliphatic hydroxyl groups is 1. The molecule has 1 fully saturated rings. The Balaban J connectivity index is 2.11. The van der Waals surface area contributed by atoms with E-state index in [-0.39, 0.29) is 12.0 Å². The van der Waals surface area contributed by atoms with Crippen molar-refractivity contribution in [3.05, 3.63) is 28.8 Å². The first kappa shape index (κ1) is 12.2. The molecule has 5 heteroatoms. The fourth-order valence-corrected chi connectivity index (χ4v) is 2.05. The summed E-state index contributed by atoms with van der Waals surface area (Å²) in [6.07, 6.45) is 0.984. The first-order valence-corrected chi connectivity index (χ1v) is 5.98. The molecular formula is C12H15ClN2O2. The van der Waals surface area contributed by atoms with Crippen molar-refractivity contribution < 1.29 is 9.90 Å². The fraction of sp³-hybridized carbons (Fsp3) is 0.417. The normalized spacial score (nSPS) is 17.2. The third-order valence-electron chi connectivity index (χ3n) is 2.99. The van der Waals surface area contributed by atoms with Gasteiger partial charge < -0.3 is 15.7 Å². The number of piperidine rings is 1. The largest absolute Gasteiger partial charge is 0.398 e. The van der Waals surface area contributed by atoms with Crippen LogP contribution in [0.4, 0.5) is 5.69 Å². The van der Waals surface area contributed by atoms with Crippen molar-refractivity contribution in [2.24, 2.45) is 0 Å². The van der Waals surface area contributed by atoms with E-state index in [0.717, 1.165) is 0 Å². The number of likely N-dealkylation sites (tertiary alicyclic amines) is 1. The molecule has 1 amide bonds. The smallest absolute Gasteiger partial charge is 0.253 e. The summed E-state index contributed by atoms with van der Waals surface area (Å²) in [7, 11) is 0. The van der Waals surface area contributed by atoms with E-state index in [9.17, 15) is 9.90 Å². The molecule has 0 radical (unpaired) electrons. The Morgan fingerprint density at radius 2 is 2.06 bits per heavy atom. The van der Waals surface area contributed by atoms with Gasteiger partial charge in [-0.25, -0.2) is 0 Å². The van der Waals surface area contributed by atoms with E-state index in [1.807, 2.05) is 0 Å². The number of nitrogen functional groups attached to an aromatic ring is 1. The summed E-state index contributed by atoms with van der Waals surface area (Å²) in [5.74, 6) is -0.0553. The molecule has 17 heavy (non-hydrogen) atoms. The summed E-state index contributed by atoms with van der Waals surface area (Å²) in [5.41, 5.74) is 6.62. The zero-order valence-electron chi connectivity index (χ0n) is 9.40. The molecule has 0 spiro atoms. The molecule has 1 aliphatic heterocycles. The summed E-state index contributed by atoms with van der Waals surface area (Å²) in [6, 6.07) is 4.89. The van der Waals surface area contributed by atoms with Crippen LogP contribution < -0.4 is 5.73 Å². The number of nitrogens with two attached hydrogens (primary N) is 1. The van der Waals surface area contributed by atoms with Gasteiger partial charge in [0, 0.05) is 18.7 Å². The Kier molecular flexibility index (Phi) is 3.54. The zero-order valence-corrected chi connectivity index (χ0v) is 10.2. The standard InChI is InChI=1S/C12H15ClN2O2/c13-10-2-1-8(7-11(10)14)12(17)15-5-3-9(16)4-6-15/h1-2,7,9,16H,3-6,14H2. The lowest BCUT2D eigenvalue weighted by molar-refractivity contribution is 0.0546. The second-order valence-corrected chi connectivity index (χ2v) is 4.67. The lowest BCUT2D eigenvalue weighted by Gasteiger charge is -2.29. The SMILES string of the molecule is Nc1cc(C(=O)N2CCC(O)CC2)ccc1Cl. The van der Waals surface area contributed by atoms with Gasteiger partial charge in [0.25, 0.3) is 5.91 Å². The Morgan fingerprint density at radius 3 is 2.65 bits per heavy atom. The number of nitrogens with zero attached hydrogens (tertiary/aromatic N) is 1. The zero-order chi connectivity index (χ0) is 12.4. The van der Waals surface area contributed by atoms with E-state index < -0.39 is 0 Å². The number of rotatable bonds is 1. The van der Waals surface area contributed by atoms with Crippen LogP contribution >= 0.6 is 11.6 Å². The maximum absolute atomic E-state index is 12.1. The van der Waals surface area contributed by atoms with Crippen molar-refractivity contribution in [1.29, 1.82) is 0 Å². The molecule has 1 aliphatic rings. The number of benzene rings is 1. The maximum atomic E-state index is 12.1. The molecule has 1 heterocycles. The predicted molar refractivity (Wildman–Crippen MR) is 67.0 cm³/mol. The summed E-state index contributed by atoms with van der Waals surface area (Å²) in [6.45, 7) is 1.17. The molecule has 0 aliphatic carbocycles. The number of amides is 1. The number of anilines is 1. The number of aliphatic hydroxyl groups excluding tert-OH is 1. The molecule has 4 nitrogen and oxygen atoms in total.